The molecule has 0 amide bonds. The van der Waals surface area contributed by atoms with E-state index in [9.17, 15) is 14.7 Å². The highest BCUT2D eigenvalue weighted by atomic mass is 16.3. The maximum absolute atomic E-state index is 12.6. The van der Waals surface area contributed by atoms with Gasteiger partial charge in [0.15, 0.2) is 11.4 Å². The van der Waals surface area contributed by atoms with Crippen LogP contribution in [-0.4, -0.2) is 20.4 Å². The largest absolute Gasteiger partial charge is 0.506 e. The van der Waals surface area contributed by atoms with Crippen molar-refractivity contribution in [3.63, 3.8) is 0 Å². The van der Waals surface area contributed by atoms with Crippen LogP contribution in [0.1, 0.15) is 17.3 Å². The van der Waals surface area contributed by atoms with E-state index in [4.69, 9.17) is 0 Å². The number of hydrogen-bond acceptors (Lipinski definition) is 4. The summed E-state index contributed by atoms with van der Waals surface area (Å²) in [5, 5.41) is 10.6. The highest BCUT2D eigenvalue weighted by Crippen LogP contribution is 2.26. The van der Waals surface area contributed by atoms with Crippen molar-refractivity contribution in [2.45, 2.75) is 6.92 Å². The van der Waals surface area contributed by atoms with Gasteiger partial charge in [0.2, 0.25) is 0 Å². The fourth-order valence-electron chi connectivity index (χ4n) is 2.34. The fraction of sp³-hybridized carbons (Fsp3) is 0.0625. The molecule has 3 aromatic rings. The van der Waals surface area contributed by atoms with Crippen molar-refractivity contribution in [3.8, 4) is 11.4 Å². The van der Waals surface area contributed by atoms with Gasteiger partial charge >= 0.3 is 0 Å². The highest BCUT2D eigenvalue weighted by molar-refractivity contribution is 6.01. The number of para-hydroxylation sites is 1. The number of fused-ring (bicyclic) bond motifs is 1. The molecule has 0 radical (unpaired) electrons. The van der Waals surface area contributed by atoms with Crippen molar-refractivity contribution in [1.82, 2.24) is 9.55 Å². The van der Waals surface area contributed by atoms with Gasteiger partial charge < -0.3 is 5.11 Å². The standard InChI is InChI=1S/C16H12N2O3/c1-10(19)13-14(20)12-8-5-9-17-15(12)18(16(13)21)11-6-3-2-4-7-11/h2-9,20H,1H3. The maximum atomic E-state index is 12.6. The third kappa shape index (κ3) is 1.99. The lowest BCUT2D eigenvalue weighted by Crippen LogP contribution is -2.25. The van der Waals surface area contributed by atoms with Crippen LogP contribution in [0.2, 0.25) is 0 Å². The number of pyridine rings is 2. The Morgan fingerprint density at radius 3 is 2.52 bits per heavy atom. The molecular formula is C16H12N2O3. The summed E-state index contributed by atoms with van der Waals surface area (Å²) in [4.78, 5) is 28.5. The van der Waals surface area contributed by atoms with Crippen LogP contribution in [0.3, 0.4) is 0 Å². The molecule has 5 nitrogen and oxygen atoms in total. The predicted molar refractivity (Wildman–Crippen MR) is 79.0 cm³/mol. The van der Waals surface area contributed by atoms with E-state index in [1.807, 2.05) is 6.07 Å². The number of nitrogens with zero attached hydrogens (tertiary/aromatic N) is 2. The second kappa shape index (κ2) is 4.86. The van der Waals surface area contributed by atoms with E-state index in [0.717, 1.165) is 0 Å². The first-order chi connectivity index (χ1) is 10.1. The number of aromatic nitrogens is 2. The van der Waals surface area contributed by atoms with Gasteiger partial charge in [-0.2, -0.15) is 0 Å². The first kappa shape index (κ1) is 13.1. The maximum Gasteiger partial charge on any atom is 0.271 e. The molecule has 2 aromatic heterocycles. The average Bonchev–Trinajstić information content (AvgIpc) is 2.48. The monoisotopic (exact) mass is 280 g/mol. The fourth-order valence-corrected chi connectivity index (χ4v) is 2.34. The number of ketones is 1. The average molecular weight is 280 g/mol. The van der Waals surface area contributed by atoms with Gasteiger partial charge in [-0.15, -0.1) is 0 Å². The predicted octanol–water partition coefficient (Wildman–Crippen LogP) is 2.29. The molecule has 2 heterocycles. The van der Waals surface area contributed by atoms with Crippen LogP contribution in [0.25, 0.3) is 16.7 Å². The molecule has 0 saturated carbocycles. The topological polar surface area (TPSA) is 72.2 Å². The lowest BCUT2D eigenvalue weighted by Gasteiger charge is -2.12. The molecule has 1 aromatic carbocycles. The van der Waals surface area contributed by atoms with Gasteiger partial charge in [-0.05, 0) is 31.2 Å². The molecule has 0 aliphatic carbocycles. The van der Waals surface area contributed by atoms with Crippen LogP contribution in [0.5, 0.6) is 5.75 Å². The zero-order valence-corrected chi connectivity index (χ0v) is 11.3. The molecule has 0 atom stereocenters. The minimum atomic E-state index is -0.572. The van der Waals surface area contributed by atoms with Crippen molar-refractivity contribution < 1.29 is 9.90 Å². The molecule has 0 fully saturated rings. The molecule has 1 N–H and O–H groups in total. The summed E-state index contributed by atoms with van der Waals surface area (Å²) < 4.78 is 1.34. The van der Waals surface area contributed by atoms with E-state index >= 15 is 0 Å². The summed E-state index contributed by atoms with van der Waals surface area (Å²) in [7, 11) is 0. The first-order valence-corrected chi connectivity index (χ1v) is 6.40. The molecule has 0 saturated heterocycles. The van der Waals surface area contributed by atoms with Crippen LogP contribution in [-0.2, 0) is 0 Å². The number of hydrogen-bond donors (Lipinski definition) is 1. The van der Waals surface area contributed by atoms with E-state index in [-0.39, 0.29) is 11.3 Å². The summed E-state index contributed by atoms with van der Waals surface area (Å²) >= 11 is 0. The Bertz CT molecular complexity index is 899. The molecule has 0 aliphatic heterocycles. The van der Waals surface area contributed by atoms with E-state index in [2.05, 4.69) is 4.98 Å². The van der Waals surface area contributed by atoms with Gasteiger partial charge in [0.05, 0.1) is 11.1 Å². The van der Waals surface area contributed by atoms with Crippen LogP contribution >= 0.6 is 0 Å². The zero-order valence-electron chi connectivity index (χ0n) is 11.3. The molecule has 21 heavy (non-hydrogen) atoms. The molecule has 0 aliphatic rings. The van der Waals surface area contributed by atoms with Gasteiger partial charge in [0, 0.05) is 6.20 Å². The van der Waals surface area contributed by atoms with Gasteiger partial charge in [-0.25, -0.2) is 4.98 Å². The molecule has 5 heteroatoms. The van der Waals surface area contributed by atoms with Crippen molar-refractivity contribution in [2.75, 3.05) is 0 Å². The van der Waals surface area contributed by atoms with E-state index in [1.165, 1.54) is 17.7 Å². The van der Waals surface area contributed by atoms with E-state index in [1.54, 1.807) is 36.4 Å². The van der Waals surface area contributed by atoms with Crippen LogP contribution < -0.4 is 5.56 Å². The van der Waals surface area contributed by atoms with E-state index in [0.29, 0.717) is 16.7 Å². The smallest absolute Gasteiger partial charge is 0.271 e. The number of aromatic hydroxyl groups is 1. The summed E-state index contributed by atoms with van der Waals surface area (Å²) in [5.41, 5.74) is 0.113. The number of rotatable bonds is 2. The second-order valence-electron chi connectivity index (χ2n) is 4.63. The molecule has 0 spiro atoms. The minimum Gasteiger partial charge on any atom is -0.506 e. The number of carbonyl (C=O) groups is 1. The number of Topliss-reactive ketones (excluding diaryl/α,β-unsaturated/α-hetero) is 1. The van der Waals surface area contributed by atoms with E-state index < -0.39 is 11.3 Å². The Morgan fingerprint density at radius 1 is 1.14 bits per heavy atom. The van der Waals surface area contributed by atoms with Gasteiger partial charge in [-0.3, -0.25) is 14.2 Å². The van der Waals surface area contributed by atoms with Crippen LogP contribution in [0, 0.1) is 0 Å². The third-order valence-corrected chi connectivity index (χ3v) is 3.27. The van der Waals surface area contributed by atoms with Crippen LogP contribution in [0.4, 0.5) is 0 Å². The SMILES string of the molecule is CC(=O)c1c(O)c2cccnc2n(-c2ccccc2)c1=O. The summed E-state index contributed by atoms with van der Waals surface area (Å²) in [6.45, 7) is 1.26. The van der Waals surface area contributed by atoms with Gasteiger partial charge in [0.25, 0.3) is 5.56 Å². The quantitative estimate of drug-likeness (QED) is 0.731. The van der Waals surface area contributed by atoms with Gasteiger partial charge in [0.1, 0.15) is 11.3 Å². The highest BCUT2D eigenvalue weighted by Gasteiger charge is 2.20. The Labute approximate surface area is 120 Å². The summed E-state index contributed by atoms with van der Waals surface area (Å²) in [5.74, 6) is -0.796. The molecule has 0 unspecified atom stereocenters. The number of benzene rings is 1. The Kier molecular flexibility index (Phi) is 3.02. The molecule has 3 rings (SSSR count). The Balaban J connectivity index is 2.55. The van der Waals surface area contributed by atoms with Crippen molar-refractivity contribution in [3.05, 3.63) is 64.6 Å². The summed E-state index contributed by atoms with van der Waals surface area (Å²) in [6.07, 6.45) is 1.54. The van der Waals surface area contributed by atoms with Crippen LogP contribution in [0.15, 0.2) is 53.5 Å². The molecule has 0 bridgehead atoms. The van der Waals surface area contributed by atoms with Crippen molar-refractivity contribution >= 4 is 16.8 Å². The van der Waals surface area contributed by atoms with Crippen molar-refractivity contribution in [1.29, 1.82) is 0 Å². The zero-order chi connectivity index (χ0) is 15.0. The Hall–Kier alpha value is -2.95. The second-order valence-corrected chi connectivity index (χ2v) is 4.63. The lowest BCUT2D eigenvalue weighted by molar-refractivity contribution is 0.101. The Morgan fingerprint density at radius 2 is 1.86 bits per heavy atom. The summed E-state index contributed by atoms with van der Waals surface area (Å²) in [6, 6.07) is 12.2. The lowest BCUT2D eigenvalue weighted by atomic mass is 10.1. The molecule has 104 valence electrons. The van der Waals surface area contributed by atoms with Gasteiger partial charge in [-0.1, -0.05) is 18.2 Å². The third-order valence-electron chi connectivity index (χ3n) is 3.27. The molecular weight excluding hydrogens is 268 g/mol. The first-order valence-electron chi connectivity index (χ1n) is 6.40. The minimum absolute atomic E-state index is 0.223. The normalized spacial score (nSPS) is 10.7. The number of carbonyl (C=O) groups excluding carboxylic acids is 1. The van der Waals surface area contributed by atoms with Crippen molar-refractivity contribution in [2.24, 2.45) is 0 Å².